The lowest BCUT2D eigenvalue weighted by atomic mass is 10.2. The summed E-state index contributed by atoms with van der Waals surface area (Å²) in [5.41, 5.74) is 0.978. The van der Waals surface area contributed by atoms with Gasteiger partial charge in [-0.05, 0) is 37.6 Å². The van der Waals surface area contributed by atoms with E-state index in [4.69, 9.17) is 4.74 Å². The first-order chi connectivity index (χ1) is 9.21. The SMILES string of the molecule is C=CCN(CC)C(=O)/C=C/c1ccc(OCC)cc1. The monoisotopic (exact) mass is 259 g/mol. The number of rotatable bonds is 7. The number of nitrogens with zero attached hydrogens (tertiary/aromatic N) is 1. The number of ether oxygens (including phenoxy) is 1. The second kappa shape index (κ2) is 8.14. The van der Waals surface area contributed by atoms with Gasteiger partial charge in [-0.25, -0.2) is 0 Å². The summed E-state index contributed by atoms with van der Waals surface area (Å²) in [6.45, 7) is 9.45. The largest absolute Gasteiger partial charge is 0.494 e. The third kappa shape index (κ3) is 5.00. The molecule has 3 nitrogen and oxygen atoms in total. The predicted molar refractivity (Wildman–Crippen MR) is 79.1 cm³/mol. The van der Waals surface area contributed by atoms with Crippen LogP contribution in [0.3, 0.4) is 0 Å². The molecule has 0 fully saturated rings. The molecule has 0 heterocycles. The highest BCUT2D eigenvalue weighted by Gasteiger charge is 2.05. The Labute approximate surface area is 115 Å². The molecule has 0 saturated carbocycles. The number of benzene rings is 1. The molecule has 0 aliphatic carbocycles. The lowest BCUT2D eigenvalue weighted by Gasteiger charge is -2.16. The van der Waals surface area contributed by atoms with Gasteiger partial charge in [0.2, 0.25) is 5.91 Å². The van der Waals surface area contributed by atoms with Crippen LogP contribution in [0.15, 0.2) is 43.0 Å². The van der Waals surface area contributed by atoms with Crippen molar-refractivity contribution in [2.45, 2.75) is 13.8 Å². The van der Waals surface area contributed by atoms with Gasteiger partial charge in [0, 0.05) is 19.2 Å². The Morgan fingerprint density at radius 3 is 2.53 bits per heavy atom. The van der Waals surface area contributed by atoms with E-state index in [0.29, 0.717) is 19.7 Å². The summed E-state index contributed by atoms with van der Waals surface area (Å²) in [5, 5.41) is 0. The van der Waals surface area contributed by atoms with Gasteiger partial charge in [0.05, 0.1) is 6.61 Å². The van der Waals surface area contributed by atoms with Crippen molar-refractivity contribution in [3.05, 3.63) is 48.6 Å². The first-order valence-electron chi connectivity index (χ1n) is 6.52. The molecule has 0 aromatic heterocycles. The number of hydrogen-bond donors (Lipinski definition) is 0. The van der Waals surface area contributed by atoms with E-state index in [1.54, 1.807) is 17.1 Å². The molecule has 0 aliphatic heterocycles. The van der Waals surface area contributed by atoms with Crippen LogP contribution in [0.4, 0.5) is 0 Å². The van der Waals surface area contributed by atoms with Crippen LogP contribution in [0.1, 0.15) is 19.4 Å². The number of amides is 1. The molecule has 0 bridgehead atoms. The number of carbonyl (C=O) groups excluding carboxylic acids is 1. The van der Waals surface area contributed by atoms with E-state index < -0.39 is 0 Å². The van der Waals surface area contributed by atoms with Crippen molar-refractivity contribution in [3.8, 4) is 5.75 Å². The highest BCUT2D eigenvalue weighted by atomic mass is 16.5. The molecule has 0 unspecified atom stereocenters. The summed E-state index contributed by atoms with van der Waals surface area (Å²) in [4.78, 5) is 13.6. The van der Waals surface area contributed by atoms with Crippen LogP contribution in [0, 0.1) is 0 Å². The van der Waals surface area contributed by atoms with E-state index in [0.717, 1.165) is 11.3 Å². The molecule has 0 atom stereocenters. The standard InChI is InChI=1S/C16H21NO2/c1-4-13-17(5-2)16(18)12-9-14-7-10-15(11-8-14)19-6-3/h4,7-12H,1,5-6,13H2,2-3H3/b12-9+. The van der Waals surface area contributed by atoms with Crippen LogP contribution < -0.4 is 4.74 Å². The van der Waals surface area contributed by atoms with Crippen molar-refractivity contribution >= 4 is 12.0 Å². The van der Waals surface area contributed by atoms with Gasteiger partial charge in [0.15, 0.2) is 0 Å². The zero-order valence-electron chi connectivity index (χ0n) is 11.6. The molecule has 102 valence electrons. The van der Waals surface area contributed by atoms with Crippen molar-refractivity contribution < 1.29 is 9.53 Å². The fraction of sp³-hybridized carbons (Fsp3) is 0.312. The minimum Gasteiger partial charge on any atom is -0.494 e. The molecular weight excluding hydrogens is 238 g/mol. The van der Waals surface area contributed by atoms with Crippen LogP contribution >= 0.6 is 0 Å². The normalized spacial score (nSPS) is 10.4. The van der Waals surface area contributed by atoms with Gasteiger partial charge >= 0.3 is 0 Å². The molecule has 0 spiro atoms. The number of carbonyl (C=O) groups is 1. The Kier molecular flexibility index (Phi) is 6.44. The first kappa shape index (κ1) is 15.0. The van der Waals surface area contributed by atoms with Crippen LogP contribution in [0.25, 0.3) is 6.08 Å². The quantitative estimate of drug-likeness (QED) is 0.556. The Bertz CT molecular complexity index is 435. The zero-order valence-corrected chi connectivity index (χ0v) is 11.6. The lowest BCUT2D eigenvalue weighted by Crippen LogP contribution is -2.29. The van der Waals surface area contributed by atoms with E-state index in [2.05, 4.69) is 6.58 Å². The van der Waals surface area contributed by atoms with Crippen molar-refractivity contribution in [1.82, 2.24) is 4.90 Å². The first-order valence-corrected chi connectivity index (χ1v) is 6.52. The number of hydrogen-bond acceptors (Lipinski definition) is 2. The molecule has 1 amide bonds. The van der Waals surface area contributed by atoms with E-state index in [1.165, 1.54) is 0 Å². The molecule has 0 aliphatic rings. The number of likely N-dealkylation sites (N-methyl/N-ethyl adjacent to an activating group) is 1. The second-order valence-corrected chi connectivity index (χ2v) is 4.00. The third-order valence-electron chi connectivity index (χ3n) is 2.65. The molecule has 1 aromatic rings. The van der Waals surface area contributed by atoms with Crippen LogP contribution in [0.2, 0.25) is 0 Å². The smallest absolute Gasteiger partial charge is 0.246 e. The van der Waals surface area contributed by atoms with Gasteiger partial charge in [-0.1, -0.05) is 18.2 Å². The summed E-state index contributed by atoms with van der Waals surface area (Å²) >= 11 is 0. The van der Waals surface area contributed by atoms with Gasteiger partial charge in [0.25, 0.3) is 0 Å². The zero-order chi connectivity index (χ0) is 14.1. The van der Waals surface area contributed by atoms with E-state index in [-0.39, 0.29) is 5.91 Å². The molecule has 0 N–H and O–H groups in total. The highest BCUT2D eigenvalue weighted by Crippen LogP contribution is 2.13. The van der Waals surface area contributed by atoms with Crippen molar-refractivity contribution in [2.75, 3.05) is 19.7 Å². The van der Waals surface area contributed by atoms with E-state index in [1.807, 2.05) is 44.2 Å². The maximum absolute atomic E-state index is 11.9. The van der Waals surface area contributed by atoms with Crippen LogP contribution in [-0.4, -0.2) is 30.5 Å². The Balaban J connectivity index is 2.64. The van der Waals surface area contributed by atoms with Crippen molar-refractivity contribution in [2.24, 2.45) is 0 Å². The molecule has 0 saturated heterocycles. The fourth-order valence-corrected chi connectivity index (χ4v) is 1.65. The summed E-state index contributed by atoms with van der Waals surface area (Å²) in [5.74, 6) is 0.837. The van der Waals surface area contributed by atoms with Gasteiger partial charge < -0.3 is 9.64 Å². The fourth-order valence-electron chi connectivity index (χ4n) is 1.65. The average molecular weight is 259 g/mol. The second-order valence-electron chi connectivity index (χ2n) is 4.00. The Morgan fingerprint density at radius 1 is 1.32 bits per heavy atom. The summed E-state index contributed by atoms with van der Waals surface area (Å²) in [6, 6.07) is 7.65. The summed E-state index contributed by atoms with van der Waals surface area (Å²) < 4.78 is 5.36. The maximum atomic E-state index is 11.9. The van der Waals surface area contributed by atoms with E-state index in [9.17, 15) is 4.79 Å². The lowest BCUT2D eigenvalue weighted by molar-refractivity contribution is -0.125. The van der Waals surface area contributed by atoms with Gasteiger partial charge in [-0.3, -0.25) is 4.79 Å². The Hall–Kier alpha value is -2.03. The van der Waals surface area contributed by atoms with Gasteiger partial charge in [-0.15, -0.1) is 6.58 Å². The topological polar surface area (TPSA) is 29.5 Å². The van der Waals surface area contributed by atoms with Crippen molar-refractivity contribution in [1.29, 1.82) is 0 Å². The third-order valence-corrected chi connectivity index (χ3v) is 2.65. The molecule has 0 radical (unpaired) electrons. The van der Waals surface area contributed by atoms with E-state index >= 15 is 0 Å². The Morgan fingerprint density at radius 2 is 2.00 bits per heavy atom. The summed E-state index contributed by atoms with van der Waals surface area (Å²) in [7, 11) is 0. The van der Waals surface area contributed by atoms with Crippen LogP contribution in [-0.2, 0) is 4.79 Å². The minimum atomic E-state index is -0.00344. The van der Waals surface area contributed by atoms with Gasteiger partial charge in [0.1, 0.15) is 5.75 Å². The molecule has 1 rings (SSSR count). The maximum Gasteiger partial charge on any atom is 0.246 e. The predicted octanol–water partition coefficient (Wildman–Crippen LogP) is 3.13. The van der Waals surface area contributed by atoms with Gasteiger partial charge in [-0.2, -0.15) is 0 Å². The minimum absolute atomic E-state index is 0.00344. The molecule has 19 heavy (non-hydrogen) atoms. The highest BCUT2D eigenvalue weighted by molar-refractivity contribution is 5.91. The molecule has 3 heteroatoms. The molecular formula is C16H21NO2. The van der Waals surface area contributed by atoms with Crippen LogP contribution in [0.5, 0.6) is 5.75 Å². The molecule has 1 aromatic carbocycles. The average Bonchev–Trinajstić information content (AvgIpc) is 2.44. The summed E-state index contributed by atoms with van der Waals surface area (Å²) in [6.07, 6.45) is 5.12. The van der Waals surface area contributed by atoms with Crippen molar-refractivity contribution in [3.63, 3.8) is 0 Å².